The van der Waals surface area contributed by atoms with E-state index in [9.17, 15) is 9.59 Å². The highest BCUT2D eigenvalue weighted by Gasteiger charge is 2.14. The number of nitrogens with zero attached hydrogens (tertiary/aromatic N) is 2. The van der Waals surface area contributed by atoms with Crippen LogP contribution in [0.5, 0.6) is 11.5 Å². The number of aromatic nitrogens is 2. The average molecular weight is 396 g/mol. The van der Waals surface area contributed by atoms with Gasteiger partial charge in [-0.1, -0.05) is 17.8 Å². The fourth-order valence-corrected chi connectivity index (χ4v) is 3.46. The van der Waals surface area contributed by atoms with Gasteiger partial charge in [-0.15, -0.1) is 0 Å². The maximum absolute atomic E-state index is 12.9. The molecule has 0 atom stereocenters. The number of carbonyl (C=O) groups is 1. The zero-order valence-corrected chi connectivity index (χ0v) is 16.7. The molecule has 0 aliphatic carbocycles. The molecule has 2 aromatic carbocycles. The Bertz CT molecular complexity index is 1050. The first-order valence-corrected chi connectivity index (χ1v) is 9.54. The van der Waals surface area contributed by atoms with Crippen LogP contribution in [0.2, 0.25) is 0 Å². The normalized spacial score (nSPS) is 10.5. The second-order valence-corrected chi connectivity index (χ2v) is 6.99. The maximum Gasteiger partial charge on any atom is 0.287 e. The van der Waals surface area contributed by atoms with Crippen molar-refractivity contribution >= 4 is 17.5 Å². The molecule has 6 nitrogen and oxygen atoms in total. The SMILES string of the molecule is COc1ccc(C(=O)CSc2nccn(-c3cc(C)ccc3OC)c2=O)cc1. The highest BCUT2D eigenvalue weighted by Crippen LogP contribution is 2.23. The zero-order valence-electron chi connectivity index (χ0n) is 15.8. The van der Waals surface area contributed by atoms with Crippen molar-refractivity contribution in [1.29, 1.82) is 0 Å². The van der Waals surface area contributed by atoms with Crippen LogP contribution in [0, 0.1) is 6.92 Å². The van der Waals surface area contributed by atoms with Crippen LogP contribution in [-0.4, -0.2) is 35.3 Å². The van der Waals surface area contributed by atoms with Crippen molar-refractivity contribution < 1.29 is 14.3 Å². The Balaban J connectivity index is 1.83. The molecule has 0 amide bonds. The number of aryl methyl sites for hydroxylation is 1. The molecule has 3 rings (SSSR count). The van der Waals surface area contributed by atoms with Crippen molar-refractivity contribution in [2.45, 2.75) is 11.9 Å². The van der Waals surface area contributed by atoms with Gasteiger partial charge in [-0.3, -0.25) is 14.2 Å². The van der Waals surface area contributed by atoms with Crippen molar-refractivity contribution in [3.05, 3.63) is 76.3 Å². The summed E-state index contributed by atoms with van der Waals surface area (Å²) in [5, 5.41) is 0.257. The van der Waals surface area contributed by atoms with Crippen LogP contribution >= 0.6 is 11.8 Å². The predicted molar refractivity (Wildman–Crippen MR) is 109 cm³/mol. The third-order valence-electron chi connectivity index (χ3n) is 4.16. The molecule has 144 valence electrons. The summed E-state index contributed by atoms with van der Waals surface area (Å²) in [4.78, 5) is 29.4. The smallest absolute Gasteiger partial charge is 0.287 e. The molecule has 0 spiro atoms. The molecular formula is C21H20N2O4S. The Morgan fingerprint density at radius 3 is 2.54 bits per heavy atom. The van der Waals surface area contributed by atoms with Gasteiger partial charge >= 0.3 is 0 Å². The number of methoxy groups -OCH3 is 2. The highest BCUT2D eigenvalue weighted by atomic mass is 32.2. The van der Waals surface area contributed by atoms with Crippen LogP contribution in [0.3, 0.4) is 0 Å². The summed E-state index contributed by atoms with van der Waals surface area (Å²) in [6.07, 6.45) is 3.14. The summed E-state index contributed by atoms with van der Waals surface area (Å²) >= 11 is 1.12. The molecule has 0 fully saturated rings. The van der Waals surface area contributed by atoms with Crippen LogP contribution in [0.25, 0.3) is 5.69 Å². The van der Waals surface area contributed by atoms with E-state index in [1.165, 1.54) is 4.57 Å². The highest BCUT2D eigenvalue weighted by molar-refractivity contribution is 7.99. The summed E-state index contributed by atoms with van der Waals surface area (Å²) in [5.41, 5.74) is 1.91. The van der Waals surface area contributed by atoms with E-state index in [1.54, 1.807) is 50.9 Å². The summed E-state index contributed by atoms with van der Waals surface area (Å²) in [5.74, 6) is 1.30. The van der Waals surface area contributed by atoms with E-state index in [0.717, 1.165) is 17.3 Å². The van der Waals surface area contributed by atoms with E-state index in [1.807, 2.05) is 25.1 Å². The topological polar surface area (TPSA) is 70.4 Å². The molecule has 0 bridgehead atoms. The van der Waals surface area contributed by atoms with Crippen LogP contribution < -0.4 is 15.0 Å². The zero-order chi connectivity index (χ0) is 20.1. The van der Waals surface area contributed by atoms with Gasteiger partial charge in [-0.05, 0) is 48.9 Å². The third-order valence-corrected chi connectivity index (χ3v) is 5.12. The number of thioether (sulfide) groups is 1. The van der Waals surface area contributed by atoms with Gasteiger partial charge in [0.05, 0.1) is 25.7 Å². The molecule has 0 aliphatic heterocycles. The fraction of sp³-hybridized carbons (Fsp3) is 0.190. The number of hydrogen-bond acceptors (Lipinski definition) is 6. The van der Waals surface area contributed by atoms with E-state index in [-0.39, 0.29) is 22.1 Å². The van der Waals surface area contributed by atoms with Crippen molar-refractivity contribution in [3.63, 3.8) is 0 Å². The van der Waals surface area contributed by atoms with Crippen molar-refractivity contribution in [1.82, 2.24) is 9.55 Å². The van der Waals surface area contributed by atoms with E-state index >= 15 is 0 Å². The fourth-order valence-electron chi connectivity index (χ4n) is 2.66. The average Bonchev–Trinajstić information content (AvgIpc) is 2.73. The number of benzene rings is 2. The molecular weight excluding hydrogens is 376 g/mol. The minimum absolute atomic E-state index is 0.0857. The Kier molecular flexibility index (Phi) is 6.16. The van der Waals surface area contributed by atoms with Gasteiger partial charge in [-0.25, -0.2) is 4.98 Å². The van der Waals surface area contributed by atoms with Crippen molar-refractivity contribution in [2.75, 3.05) is 20.0 Å². The predicted octanol–water partition coefficient (Wildman–Crippen LogP) is 3.53. The first-order chi connectivity index (χ1) is 13.5. The molecule has 0 radical (unpaired) electrons. The molecule has 7 heteroatoms. The van der Waals surface area contributed by atoms with Gasteiger partial charge in [-0.2, -0.15) is 0 Å². The molecule has 0 aliphatic rings. The van der Waals surface area contributed by atoms with Gasteiger partial charge in [0, 0.05) is 18.0 Å². The lowest BCUT2D eigenvalue weighted by Crippen LogP contribution is -2.21. The molecule has 1 aromatic heterocycles. The number of ether oxygens (including phenoxy) is 2. The number of carbonyl (C=O) groups excluding carboxylic acids is 1. The molecule has 28 heavy (non-hydrogen) atoms. The lowest BCUT2D eigenvalue weighted by Gasteiger charge is -2.12. The Labute approximate surface area is 167 Å². The third kappa shape index (κ3) is 4.26. The van der Waals surface area contributed by atoms with Gasteiger partial charge < -0.3 is 9.47 Å². The van der Waals surface area contributed by atoms with Gasteiger partial charge in [0.15, 0.2) is 10.8 Å². The van der Waals surface area contributed by atoms with E-state index < -0.39 is 0 Å². The first-order valence-electron chi connectivity index (χ1n) is 8.56. The van der Waals surface area contributed by atoms with Gasteiger partial charge in [0.25, 0.3) is 5.56 Å². The number of Topliss-reactive ketones (excluding diaryl/α,β-unsaturated/α-hetero) is 1. The minimum atomic E-state index is -0.293. The quantitative estimate of drug-likeness (QED) is 0.449. The number of rotatable bonds is 7. The molecule has 0 N–H and O–H groups in total. The summed E-state index contributed by atoms with van der Waals surface area (Å²) < 4.78 is 12.0. The van der Waals surface area contributed by atoms with E-state index in [4.69, 9.17) is 9.47 Å². The monoisotopic (exact) mass is 396 g/mol. The van der Waals surface area contributed by atoms with Crippen molar-refractivity contribution in [2.24, 2.45) is 0 Å². The van der Waals surface area contributed by atoms with Crippen LogP contribution in [0.1, 0.15) is 15.9 Å². The molecule has 0 unspecified atom stereocenters. The van der Waals surface area contributed by atoms with Crippen LogP contribution in [0.15, 0.2) is 64.7 Å². The lowest BCUT2D eigenvalue weighted by molar-refractivity contribution is 0.102. The molecule has 0 saturated heterocycles. The van der Waals surface area contributed by atoms with Gasteiger partial charge in [0.2, 0.25) is 0 Å². The van der Waals surface area contributed by atoms with Crippen LogP contribution in [-0.2, 0) is 0 Å². The summed E-state index contributed by atoms with van der Waals surface area (Å²) in [6.45, 7) is 1.94. The summed E-state index contributed by atoms with van der Waals surface area (Å²) in [6, 6.07) is 12.5. The Hall–Kier alpha value is -3.06. The Morgan fingerprint density at radius 2 is 1.86 bits per heavy atom. The lowest BCUT2D eigenvalue weighted by atomic mass is 10.1. The number of ketones is 1. The van der Waals surface area contributed by atoms with Crippen molar-refractivity contribution in [3.8, 4) is 17.2 Å². The maximum atomic E-state index is 12.9. The van der Waals surface area contributed by atoms with Gasteiger partial charge in [0.1, 0.15) is 11.5 Å². The molecule has 1 heterocycles. The number of hydrogen-bond donors (Lipinski definition) is 0. The molecule has 3 aromatic rings. The van der Waals surface area contributed by atoms with Crippen LogP contribution in [0.4, 0.5) is 0 Å². The summed E-state index contributed by atoms with van der Waals surface area (Å²) in [7, 11) is 3.13. The molecule has 0 saturated carbocycles. The second kappa shape index (κ2) is 8.75. The largest absolute Gasteiger partial charge is 0.497 e. The first kappa shape index (κ1) is 19.7. The van der Waals surface area contributed by atoms with E-state index in [2.05, 4.69) is 4.98 Å². The Morgan fingerprint density at radius 1 is 1.11 bits per heavy atom. The standard InChI is InChI=1S/C21H20N2O4S/c1-14-4-9-19(27-3)17(12-14)23-11-10-22-20(21(23)25)28-13-18(24)15-5-7-16(26-2)8-6-15/h4-12H,13H2,1-3H3. The minimum Gasteiger partial charge on any atom is -0.497 e. The van der Waals surface area contributed by atoms with E-state index in [0.29, 0.717) is 22.7 Å². The second-order valence-electron chi connectivity index (χ2n) is 6.02.